The fourth-order valence-electron chi connectivity index (χ4n) is 2.78. The molecule has 1 atom stereocenters. The number of nitrogens with zero attached hydrogens (tertiary/aromatic N) is 3. The second-order valence-electron chi connectivity index (χ2n) is 6.76. The van der Waals surface area contributed by atoms with Crippen LogP contribution in [0.25, 0.3) is 0 Å². The maximum atomic E-state index is 5.49. The second-order valence-corrected chi connectivity index (χ2v) is 6.76. The predicted octanol–water partition coefficient (Wildman–Crippen LogP) is 2.67. The SMILES string of the molecule is CCNC(=NCc1ccc(OCCOC)nc1)NC(C)CCCN(CC)CC. The van der Waals surface area contributed by atoms with Crippen LogP contribution in [0.15, 0.2) is 23.3 Å². The Hall–Kier alpha value is -1.86. The van der Waals surface area contributed by atoms with Crippen LogP contribution in [0, 0.1) is 0 Å². The van der Waals surface area contributed by atoms with E-state index in [-0.39, 0.29) is 0 Å². The maximum Gasteiger partial charge on any atom is 0.213 e. The maximum absolute atomic E-state index is 5.49. The molecule has 7 nitrogen and oxygen atoms in total. The van der Waals surface area contributed by atoms with Crippen LogP contribution >= 0.6 is 0 Å². The lowest BCUT2D eigenvalue weighted by atomic mass is 10.2. The van der Waals surface area contributed by atoms with Crippen molar-refractivity contribution in [2.75, 3.05) is 46.5 Å². The number of hydrogen-bond donors (Lipinski definition) is 2. The van der Waals surface area contributed by atoms with Gasteiger partial charge in [-0.15, -0.1) is 0 Å². The van der Waals surface area contributed by atoms with Crippen LogP contribution in [0.4, 0.5) is 0 Å². The van der Waals surface area contributed by atoms with Crippen LogP contribution in [-0.2, 0) is 11.3 Å². The largest absolute Gasteiger partial charge is 0.475 e. The fraction of sp³-hybridized carbons (Fsp3) is 0.714. The Labute approximate surface area is 170 Å². The Bertz CT molecular complexity index is 532. The van der Waals surface area contributed by atoms with Gasteiger partial charge in [0.15, 0.2) is 5.96 Å². The number of aromatic nitrogens is 1. The molecule has 0 bridgehead atoms. The van der Waals surface area contributed by atoms with Gasteiger partial charge in [0.2, 0.25) is 5.88 Å². The van der Waals surface area contributed by atoms with Gasteiger partial charge in [-0.05, 0) is 51.9 Å². The van der Waals surface area contributed by atoms with Gasteiger partial charge in [-0.2, -0.15) is 0 Å². The van der Waals surface area contributed by atoms with Crippen molar-refractivity contribution in [1.82, 2.24) is 20.5 Å². The molecule has 1 heterocycles. The van der Waals surface area contributed by atoms with E-state index >= 15 is 0 Å². The number of nitrogens with one attached hydrogen (secondary N) is 2. The van der Waals surface area contributed by atoms with Crippen LogP contribution in [0.2, 0.25) is 0 Å². The van der Waals surface area contributed by atoms with E-state index in [0.717, 1.165) is 44.1 Å². The number of rotatable bonds is 14. The van der Waals surface area contributed by atoms with Gasteiger partial charge < -0.3 is 25.0 Å². The van der Waals surface area contributed by atoms with Crippen molar-refractivity contribution >= 4 is 5.96 Å². The molecule has 1 aromatic rings. The van der Waals surface area contributed by atoms with Crippen molar-refractivity contribution in [1.29, 1.82) is 0 Å². The van der Waals surface area contributed by atoms with E-state index in [1.165, 1.54) is 6.42 Å². The van der Waals surface area contributed by atoms with Crippen molar-refractivity contribution < 1.29 is 9.47 Å². The van der Waals surface area contributed by atoms with Crippen molar-refractivity contribution in [2.45, 2.75) is 53.1 Å². The summed E-state index contributed by atoms with van der Waals surface area (Å²) in [6.07, 6.45) is 4.11. The molecule has 160 valence electrons. The van der Waals surface area contributed by atoms with Crippen molar-refractivity contribution in [3.8, 4) is 5.88 Å². The minimum absolute atomic E-state index is 0.378. The second kappa shape index (κ2) is 15.1. The van der Waals surface area contributed by atoms with E-state index in [1.807, 2.05) is 18.3 Å². The lowest BCUT2D eigenvalue weighted by Gasteiger charge is -2.21. The van der Waals surface area contributed by atoms with Crippen LogP contribution in [-0.4, -0.2) is 68.4 Å². The van der Waals surface area contributed by atoms with Gasteiger partial charge in [-0.1, -0.05) is 19.9 Å². The van der Waals surface area contributed by atoms with Crippen LogP contribution < -0.4 is 15.4 Å². The highest BCUT2D eigenvalue weighted by Crippen LogP contribution is 2.08. The molecule has 28 heavy (non-hydrogen) atoms. The number of pyridine rings is 1. The van der Waals surface area contributed by atoms with E-state index in [2.05, 4.69) is 53.2 Å². The number of guanidine groups is 1. The summed E-state index contributed by atoms with van der Waals surface area (Å²) in [4.78, 5) is 11.5. The van der Waals surface area contributed by atoms with Crippen LogP contribution in [0.1, 0.15) is 46.1 Å². The van der Waals surface area contributed by atoms with Crippen molar-refractivity contribution in [2.24, 2.45) is 4.99 Å². The van der Waals surface area contributed by atoms with Gasteiger partial charge in [0, 0.05) is 32.0 Å². The molecule has 0 amide bonds. The molecular formula is C21H39N5O2. The molecule has 0 radical (unpaired) electrons. The van der Waals surface area contributed by atoms with Gasteiger partial charge in [-0.3, -0.25) is 0 Å². The van der Waals surface area contributed by atoms with Crippen LogP contribution in [0.3, 0.4) is 0 Å². The normalized spacial score (nSPS) is 12.9. The molecule has 2 N–H and O–H groups in total. The van der Waals surface area contributed by atoms with E-state index in [4.69, 9.17) is 9.47 Å². The third-order valence-electron chi connectivity index (χ3n) is 4.49. The Morgan fingerprint density at radius 3 is 2.61 bits per heavy atom. The van der Waals surface area contributed by atoms with Gasteiger partial charge in [0.25, 0.3) is 0 Å². The average Bonchev–Trinajstić information content (AvgIpc) is 2.71. The molecule has 0 spiro atoms. The summed E-state index contributed by atoms with van der Waals surface area (Å²) in [6.45, 7) is 14.6. The summed E-state index contributed by atoms with van der Waals surface area (Å²) in [5.74, 6) is 1.45. The first kappa shape index (κ1) is 24.2. The van der Waals surface area contributed by atoms with Gasteiger partial charge in [0.1, 0.15) is 6.61 Å². The highest BCUT2D eigenvalue weighted by atomic mass is 16.5. The zero-order valence-corrected chi connectivity index (χ0v) is 18.3. The van der Waals surface area contributed by atoms with Crippen molar-refractivity contribution in [3.05, 3.63) is 23.9 Å². The first-order chi connectivity index (χ1) is 13.6. The Morgan fingerprint density at radius 1 is 1.21 bits per heavy atom. The lowest BCUT2D eigenvalue weighted by molar-refractivity contribution is 0.143. The Morgan fingerprint density at radius 2 is 2.00 bits per heavy atom. The van der Waals surface area contributed by atoms with Gasteiger partial charge in [-0.25, -0.2) is 9.98 Å². The molecule has 0 aliphatic carbocycles. The molecule has 0 fully saturated rings. The number of methoxy groups -OCH3 is 1. The predicted molar refractivity (Wildman–Crippen MR) is 116 cm³/mol. The van der Waals surface area contributed by atoms with E-state index in [0.29, 0.717) is 31.7 Å². The molecule has 0 aromatic carbocycles. The molecule has 0 saturated heterocycles. The highest BCUT2D eigenvalue weighted by molar-refractivity contribution is 5.80. The molecular weight excluding hydrogens is 354 g/mol. The van der Waals surface area contributed by atoms with E-state index < -0.39 is 0 Å². The zero-order chi connectivity index (χ0) is 20.6. The summed E-state index contributed by atoms with van der Waals surface area (Å²) in [6, 6.07) is 4.25. The third kappa shape index (κ3) is 10.5. The smallest absolute Gasteiger partial charge is 0.213 e. The number of ether oxygens (including phenoxy) is 2. The lowest BCUT2D eigenvalue weighted by Crippen LogP contribution is -2.42. The molecule has 0 aliphatic rings. The molecule has 1 rings (SSSR count). The summed E-state index contributed by atoms with van der Waals surface area (Å²) in [7, 11) is 1.65. The topological polar surface area (TPSA) is 71.0 Å². The minimum atomic E-state index is 0.378. The molecule has 7 heteroatoms. The summed E-state index contributed by atoms with van der Waals surface area (Å²) >= 11 is 0. The molecule has 1 aromatic heterocycles. The molecule has 0 saturated carbocycles. The summed E-state index contributed by atoms with van der Waals surface area (Å²) in [5.41, 5.74) is 1.05. The molecule has 0 aliphatic heterocycles. The third-order valence-corrected chi connectivity index (χ3v) is 4.49. The number of hydrogen-bond acceptors (Lipinski definition) is 5. The monoisotopic (exact) mass is 393 g/mol. The fourth-order valence-corrected chi connectivity index (χ4v) is 2.78. The first-order valence-electron chi connectivity index (χ1n) is 10.5. The van der Waals surface area contributed by atoms with Crippen LogP contribution in [0.5, 0.6) is 5.88 Å². The number of aliphatic imine (C=N–C) groups is 1. The van der Waals surface area contributed by atoms with E-state index in [1.54, 1.807) is 7.11 Å². The Balaban J connectivity index is 2.47. The average molecular weight is 394 g/mol. The standard InChI is InChI=1S/C21H39N5O2/c1-6-22-21(25-18(4)10-9-13-26(7-2)8-3)24-17-19-11-12-20(23-16-19)28-15-14-27-5/h11-12,16,18H,6-10,13-15,17H2,1-5H3,(H2,22,24,25). The summed E-state index contributed by atoms with van der Waals surface area (Å²) in [5, 5.41) is 6.83. The van der Waals surface area contributed by atoms with Gasteiger partial charge in [0.05, 0.1) is 13.2 Å². The first-order valence-corrected chi connectivity index (χ1v) is 10.5. The highest BCUT2D eigenvalue weighted by Gasteiger charge is 2.07. The van der Waals surface area contributed by atoms with E-state index in [9.17, 15) is 0 Å². The summed E-state index contributed by atoms with van der Waals surface area (Å²) < 4.78 is 10.5. The zero-order valence-electron chi connectivity index (χ0n) is 18.3. The Kier molecular flexibility index (Phi) is 13.0. The quantitative estimate of drug-likeness (QED) is 0.288. The molecule has 1 unspecified atom stereocenters. The van der Waals surface area contributed by atoms with Crippen molar-refractivity contribution in [3.63, 3.8) is 0 Å². The minimum Gasteiger partial charge on any atom is -0.475 e. The van der Waals surface area contributed by atoms with Gasteiger partial charge >= 0.3 is 0 Å².